The number of methoxy groups -OCH3 is 1. The third-order valence-electron chi connectivity index (χ3n) is 7.53. The van der Waals surface area contributed by atoms with Crippen LogP contribution in [0.4, 0.5) is 0 Å². The number of esters is 1. The minimum Gasteiger partial charge on any atom is -0.497 e. The first-order valence-corrected chi connectivity index (χ1v) is 13.3. The Hall–Kier alpha value is -4.38. The van der Waals surface area contributed by atoms with E-state index in [1.165, 1.54) is 6.92 Å². The van der Waals surface area contributed by atoms with E-state index in [1.807, 2.05) is 78.9 Å². The van der Waals surface area contributed by atoms with Crippen molar-refractivity contribution < 1.29 is 23.8 Å². The molecular formula is C35H36O5. The van der Waals surface area contributed by atoms with E-state index in [0.29, 0.717) is 22.8 Å². The highest BCUT2D eigenvalue weighted by atomic mass is 16.5. The van der Waals surface area contributed by atoms with Gasteiger partial charge in [-0.2, -0.15) is 0 Å². The lowest BCUT2D eigenvalue weighted by atomic mass is 9.77. The van der Waals surface area contributed by atoms with Gasteiger partial charge in [0.05, 0.1) is 12.7 Å². The Morgan fingerprint density at radius 2 is 1.00 bits per heavy atom. The summed E-state index contributed by atoms with van der Waals surface area (Å²) >= 11 is 0. The van der Waals surface area contributed by atoms with Crippen LogP contribution in [0.25, 0.3) is 0 Å². The molecule has 0 aliphatic rings. The van der Waals surface area contributed by atoms with Gasteiger partial charge in [0, 0.05) is 17.8 Å². The average molecular weight is 537 g/mol. The molecule has 4 aromatic carbocycles. The first kappa shape index (κ1) is 28.6. The van der Waals surface area contributed by atoms with Crippen molar-refractivity contribution in [1.82, 2.24) is 0 Å². The monoisotopic (exact) mass is 536 g/mol. The molecule has 0 fully saturated rings. The van der Waals surface area contributed by atoms with E-state index in [2.05, 4.69) is 27.7 Å². The Morgan fingerprint density at radius 3 is 1.45 bits per heavy atom. The van der Waals surface area contributed by atoms with Crippen molar-refractivity contribution in [2.24, 2.45) is 0 Å². The lowest BCUT2D eigenvalue weighted by molar-refractivity contribution is -0.131. The van der Waals surface area contributed by atoms with Crippen molar-refractivity contribution in [3.8, 4) is 23.0 Å². The Bertz CT molecular complexity index is 1500. The third kappa shape index (κ3) is 6.09. The van der Waals surface area contributed by atoms with Gasteiger partial charge in [-0.1, -0.05) is 70.2 Å². The maximum atomic E-state index is 12.7. The zero-order chi connectivity index (χ0) is 29.1. The maximum absolute atomic E-state index is 12.7. The number of rotatable bonds is 9. The van der Waals surface area contributed by atoms with Gasteiger partial charge in [-0.05, 0) is 77.7 Å². The molecule has 5 heteroatoms. The van der Waals surface area contributed by atoms with Crippen LogP contribution in [0.15, 0.2) is 91.0 Å². The Kier molecular flexibility index (Phi) is 8.15. The molecule has 5 nitrogen and oxygen atoms in total. The first-order chi connectivity index (χ1) is 18.9. The highest BCUT2D eigenvalue weighted by Gasteiger charge is 2.26. The van der Waals surface area contributed by atoms with Gasteiger partial charge in [-0.3, -0.25) is 9.59 Å². The smallest absolute Gasteiger partial charge is 0.308 e. The molecule has 0 bridgehead atoms. The second-order valence-electron chi connectivity index (χ2n) is 11.0. The molecule has 0 heterocycles. The fourth-order valence-electron chi connectivity index (χ4n) is 4.80. The number of carbonyl (C=O) groups excluding carboxylic acids is 2. The molecule has 0 saturated carbocycles. The molecule has 0 atom stereocenters. The van der Waals surface area contributed by atoms with Crippen molar-refractivity contribution in [3.05, 3.63) is 119 Å². The highest BCUT2D eigenvalue weighted by molar-refractivity contribution is 5.97. The molecule has 0 spiro atoms. The van der Waals surface area contributed by atoms with E-state index in [9.17, 15) is 9.59 Å². The Labute approximate surface area is 236 Å². The normalized spacial score (nSPS) is 11.6. The quantitative estimate of drug-likeness (QED) is 0.122. The SMILES string of the molecule is COc1ccc(C(C)(C)c2ccc(Oc3ccc(C(C)(C)c4ccc(OC(C)=O)cc4)cc3)c(C(C)=O)c2)cc1. The second-order valence-corrected chi connectivity index (χ2v) is 11.0. The van der Waals surface area contributed by atoms with E-state index in [1.54, 1.807) is 26.2 Å². The first-order valence-electron chi connectivity index (χ1n) is 13.3. The van der Waals surface area contributed by atoms with Crippen LogP contribution >= 0.6 is 0 Å². The van der Waals surface area contributed by atoms with Crippen LogP contribution in [-0.4, -0.2) is 18.9 Å². The molecule has 0 saturated heterocycles. The number of carbonyl (C=O) groups is 2. The number of hydrogen-bond donors (Lipinski definition) is 0. The summed E-state index contributed by atoms with van der Waals surface area (Å²) in [7, 11) is 1.65. The van der Waals surface area contributed by atoms with Crippen molar-refractivity contribution in [1.29, 1.82) is 0 Å². The number of hydrogen-bond acceptors (Lipinski definition) is 5. The van der Waals surface area contributed by atoms with Gasteiger partial charge in [0.2, 0.25) is 0 Å². The van der Waals surface area contributed by atoms with Crippen molar-refractivity contribution >= 4 is 11.8 Å². The standard InChI is InChI=1S/C35H36O5/c1-23(36)32-22-28(35(5,6)27-8-15-29(38-7)16-9-27)14-21-33(32)40-31-19-12-26(13-20-31)34(3,4)25-10-17-30(18-11-25)39-24(2)37/h8-22H,1-7H3. The summed E-state index contributed by atoms with van der Waals surface area (Å²) in [5.41, 5.74) is 4.26. The minimum atomic E-state index is -0.342. The molecule has 0 amide bonds. The summed E-state index contributed by atoms with van der Waals surface area (Å²) in [6, 6.07) is 29.3. The summed E-state index contributed by atoms with van der Waals surface area (Å²) in [6.45, 7) is 11.5. The number of ketones is 1. The predicted molar refractivity (Wildman–Crippen MR) is 158 cm³/mol. The van der Waals surface area contributed by atoms with Crippen LogP contribution in [0, 0.1) is 0 Å². The molecule has 0 aliphatic carbocycles. The number of Topliss-reactive ketones (excluding diaryl/α,β-unsaturated/α-hetero) is 1. The van der Waals surface area contributed by atoms with Crippen LogP contribution in [0.2, 0.25) is 0 Å². The third-order valence-corrected chi connectivity index (χ3v) is 7.53. The van der Waals surface area contributed by atoms with Crippen molar-refractivity contribution in [2.75, 3.05) is 7.11 Å². The Balaban J connectivity index is 1.56. The molecule has 0 radical (unpaired) electrons. The van der Waals surface area contributed by atoms with Gasteiger partial charge in [-0.25, -0.2) is 0 Å². The summed E-state index contributed by atoms with van der Waals surface area (Å²) in [6.07, 6.45) is 0. The fraction of sp³-hybridized carbons (Fsp3) is 0.257. The molecular weight excluding hydrogens is 500 g/mol. The van der Waals surface area contributed by atoms with Crippen LogP contribution in [-0.2, 0) is 15.6 Å². The predicted octanol–water partition coefficient (Wildman–Crippen LogP) is 8.27. The van der Waals surface area contributed by atoms with Gasteiger partial charge in [-0.15, -0.1) is 0 Å². The van der Waals surface area contributed by atoms with E-state index >= 15 is 0 Å². The molecule has 4 aromatic rings. The lowest BCUT2D eigenvalue weighted by Gasteiger charge is -2.27. The zero-order valence-electron chi connectivity index (χ0n) is 24.2. The van der Waals surface area contributed by atoms with Gasteiger partial charge < -0.3 is 14.2 Å². The topological polar surface area (TPSA) is 61.8 Å². The molecule has 40 heavy (non-hydrogen) atoms. The van der Waals surface area contributed by atoms with E-state index in [4.69, 9.17) is 14.2 Å². The summed E-state index contributed by atoms with van der Waals surface area (Å²) in [5.74, 6) is 2.10. The summed E-state index contributed by atoms with van der Waals surface area (Å²) in [4.78, 5) is 23.9. The minimum absolute atomic E-state index is 0.0580. The van der Waals surface area contributed by atoms with Crippen LogP contribution < -0.4 is 14.2 Å². The highest BCUT2D eigenvalue weighted by Crippen LogP contribution is 2.37. The lowest BCUT2D eigenvalue weighted by Crippen LogP contribution is -2.19. The van der Waals surface area contributed by atoms with Gasteiger partial charge in [0.25, 0.3) is 0 Å². The van der Waals surface area contributed by atoms with E-state index in [0.717, 1.165) is 28.0 Å². The van der Waals surface area contributed by atoms with E-state index < -0.39 is 0 Å². The number of benzene rings is 4. The summed E-state index contributed by atoms with van der Waals surface area (Å²) < 4.78 is 16.7. The average Bonchev–Trinajstić information content (AvgIpc) is 2.93. The van der Waals surface area contributed by atoms with Crippen molar-refractivity contribution in [3.63, 3.8) is 0 Å². The molecule has 0 N–H and O–H groups in total. The molecule has 4 rings (SSSR count). The van der Waals surface area contributed by atoms with Crippen LogP contribution in [0.1, 0.15) is 74.2 Å². The van der Waals surface area contributed by atoms with Gasteiger partial charge >= 0.3 is 5.97 Å². The molecule has 0 unspecified atom stereocenters. The molecule has 206 valence electrons. The van der Waals surface area contributed by atoms with E-state index in [-0.39, 0.29) is 22.6 Å². The fourth-order valence-corrected chi connectivity index (χ4v) is 4.80. The van der Waals surface area contributed by atoms with Gasteiger partial charge in [0.15, 0.2) is 5.78 Å². The maximum Gasteiger partial charge on any atom is 0.308 e. The molecule has 0 aliphatic heterocycles. The zero-order valence-corrected chi connectivity index (χ0v) is 24.2. The largest absolute Gasteiger partial charge is 0.497 e. The summed E-state index contributed by atoms with van der Waals surface area (Å²) in [5, 5.41) is 0. The van der Waals surface area contributed by atoms with Crippen LogP contribution in [0.5, 0.6) is 23.0 Å². The molecule has 0 aromatic heterocycles. The Morgan fingerprint density at radius 1 is 0.575 bits per heavy atom. The van der Waals surface area contributed by atoms with Crippen molar-refractivity contribution in [2.45, 2.75) is 52.4 Å². The second kappa shape index (κ2) is 11.4. The number of ether oxygens (including phenoxy) is 3. The van der Waals surface area contributed by atoms with Gasteiger partial charge in [0.1, 0.15) is 23.0 Å². The van der Waals surface area contributed by atoms with Crippen LogP contribution in [0.3, 0.4) is 0 Å².